The summed E-state index contributed by atoms with van der Waals surface area (Å²) in [6.45, 7) is 9.65. The Bertz CT molecular complexity index is 619. The SMILES string of the molecule is CCNC(Cc1cc(C)ccc1C)c1ccc(Br)c(C)c1. The Kier molecular flexibility index (Phi) is 5.60. The summed E-state index contributed by atoms with van der Waals surface area (Å²) in [5.74, 6) is 0. The Morgan fingerprint density at radius 3 is 2.43 bits per heavy atom. The molecule has 0 aliphatic heterocycles. The van der Waals surface area contributed by atoms with Crippen LogP contribution in [-0.2, 0) is 6.42 Å². The quantitative estimate of drug-likeness (QED) is 0.778. The van der Waals surface area contributed by atoms with E-state index < -0.39 is 0 Å². The van der Waals surface area contributed by atoms with Crippen molar-refractivity contribution in [2.24, 2.45) is 0 Å². The lowest BCUT2D eigenvalue weighted by atomic mass is 9.94. The monoisotopic (exact) mass is 345 g/mol. The summed E-state index contributed by atoms with van der Waals surface area (Å²) in [5.41, 5.74) is 6.78. The van der Waals surface area contributed by atoms with Crippen LogP contribution in [0.2, 0.25) is 0 Å². The summed E-state index contributed by atoms with van der Waals surface area (Å²) in [6, 6.07) is 13.7. The van der Waals surface area contributed by atoms with Gasteiger partial charge in [-0.2, -0.15) is 0 Å². The van der Waals surface area contributed by atoms with Gasteiger partial charge in [0.25, 0.3) is 0 Å². The van der Waals surface area contributed by atoms with Crippen LogP contribution in [0.5, 0.6) is 0 Å². The predicted molar refractivity (Wildman–Crippen MR) is 94.9 cm³/mol. The smallest absolute Gasteiger partial charge is 0.0360 e. The molecule has 0 saturated carbocycles. The van der Waals surface area contributed by atoms with E-state index in [4.69, 9.17) is 0 Å². The Morgan fingerprint density at radius 2 is 1.76 bits per heavy atom. The van der Waals surface area contributed by atoms with Crippen LogP contribution in [0.25, 0.3) is 0 Å². The van der Waals surface area contributed by atoms with Crippen molar-refractivity contribution in [1.82, 2.24) is 5.32 Å². The molecule has 0 amide bonds. The van der Waals surface area contributed by atoms with Crippen molar-refractivity contribution >= 4 is 15.9 Å². The van der Waals surface area contributed by atoms with E-state index in [0.717, 1.165) is 13.0 Å². The Labute approximate surface area is 136 Å². The van der Waals surface area contributed by atoms with Gasteiger partial charge >= 0.3 is 0 Å². The molecule has 0 aliphatic carbocycles. The average molecular weight is 346 g/mol. The van der Waals surface area contributed by atoms with E-state index in [1.54, 1.807) is 0 Å². The zero-order valence-corrected chi connectivity index (χ0v) is 14.9. The van der Waals surface area contributed by atoms with E-state index >= 15 is 0 Å². The molecule has 0 aliphatic rings. The highest BCUT2D eigenvalue weighted by Gasteiger charge is 2.13. The van der Waals surface area contributed by atoms with Gasteiger partial charge in [-0.15, -0.1) is 0 Å². The van der Waals surface area contributed by atoms with E-state index in [0.29, 0.717) is 6.04 Å². The van der Waals surface area contributed by atoms with Crippen molar-refractivity contribution in [2.45, 2.75) is 40.2 Å². The minimum Gasteiger partial charge on any atom is -0.310 e. The van der Waals surface area contributed by atoms with Gasteiger partial charge in [-0.05, 0) is 62.1 Å². The lowest BCUT2D eigenvalue weighted by molar-refractivity contribution is 0.548. The van der Waals surface area contributed by atoms with Crippen LogP contribution in [0.3, 0.4) is 0 Å². The normalized spacial score (nSPS) is 12.4. The molecule has 2 heteroatoms. The Morgan fingerprint density at radius 1 is 1.00 bits per heavy atom. The molecular weight excluding hydrogens is 322 g/mol. The lowest BCUT2D eigenvalue weighted by Crippen LogP contribution is -2.23. The topological polar surface area (TPSA) is 12.0 Å². The molecule has 0 saturated heterocycles. The van der Waals surface area contributed by atoms with Crippen LogP contribution in [0.15, 0.2) is 40.9 Å². The van der Waals surface area contributed by atoms with Gasteiger partial charge in [0.2, 0.25) is 0 Å². The molecular formula is C19H24BrN. The summed E-state index contributed by atoms with van der Waals surface area (Å²) in [6.07, 6.45) is 1.03. The molecule has 1 nitrogen and oxygen atoms in total. The van der Waals surface area contributed by atoms with Gasteiger partial charge < -0.3 is 5.32 Å². The van der Waals surface area contributed by atoms with E-state index in [2.05, 4.69) is 85.3 Å². The van der Waals surface area contributed by atoms with E-state index in [-0.39, 0.29) is 0 Å². The first kappa shape index (κ1) is 16.3. The third kappa shape index (κ3) is 4.18. The number of hydrogen-bond donors (Lipinski definition) is 1. The highest BCUT2D eigenvalue weighted by Crippen LogP contribution is 2.25. The maximum atomic E-state index is 3.63. The summed E-state index contributed by atoms with van der Waals surface area (Å²) in [5, 5.41) is 3.63. The number of benzene rings is 2. The fourth-order valence-corrected chi connectivity index (χ4v) is 2.93. The van der Waals surface area contributed by atoms with Crippen molar-refractivity contribution in [3.05, 3.63) is 68.7 Å². The summed E-state index contributed by atoms with van der Waals surface area (Å²) in [4.78, 5) is 0. The molecule has 0 heterocycles. The molecule has 2 aromatic carbocycles. The van der Waals surface area contributed by atoms with Crippen LogP contribution in [0.1, 0.15) is 40.8 Å². The van der Waals surface area contributed by atoms with Crippen LogP contribution in [0, 0.1) is 20.8 Å². The van der Waals surface area contributed by atoms with Crippen LogP contribution in [0.4, 0.5) is 0 Å². The first-order chi connectivity index (χ1) is 10.0. The fourth-order valence-electron chi connectivity index (χ4n) is 2.68. The second kappa shape index (κ2) is 7.24. The molecule has 0 bridgehead atoms. The maximum absolute atomic E-state index is 3.63. The third-order valence-electron chi connectivity index (χ3n) is 3.96. The highest BCUT2D eigenvalue weighted by molar-refractivity contribution is 9.10. The molecule has 21 heavy (non-hydrogen) atoms. The Hall–Kier alpha value is -1.12. The molecule has 0 aromatic heterocycles. The number of aryl methyl sites for hydroxylation is 3. The second-order valence-electron chi connectivity index (χ2n) is 5.75. The van der Waals surface area contributed by atoms with Gasteiger partial charge in [-0.25, -0.2) is 0 Å². The lowest BCUT2D eigenvalue weighted by Gasteiger charge is -2.21. The van der Waals surface area contributed by atoms with Gasteiger partial charge in [0, 0.05) is 10.5 Å². The number of rotatable bonds is 5. The molecule has 1 unspecified atom stereocenters. The third-order valence-corrected chi connectivity index (χ3v) is 4.85. The Balaban J connectivity index is 2.30. The van der Waals surface area contributed by atoms with Gasteiger partial charge in [0.1, 0.15) is 0 Å². The number of nitrogens with one attached hydrogen (secondary N) is 1. The largest absolute Gasteiger partial charge is 0.310 e. The zero-order chi connectivity index (χ0) is 15.4. The number of likely N-dealkylation sites (N-methyl/N-ethyl adjacent to an activating group) is 1. The first-order valence-electron chi connectivity index (χ1n) is 7.56. The van der Waals surface area contributed by atoms with Crippen molar-refractivity contribution in [3.8, 4) is 0 Å². The van der Waals surface area contributed by atoms with Gasteiger partial charge in [0.05, 0.1) is 0 Å². The average Bonchev–Trinajstić information content (AvgIpc) is 2.45. The molecule has 1 N–H and O–H groups in total. The maximum Gasteiger partial charge on any atom is 0.0360 e. The molecule has 112 valence electrons. The van der Waals surface area contributed by atoms with Gasteiger partial charge in [0.15, 0.2) is 0 Å². The molecule has 0 spiro atoms. The molecule has 2 aromatic rings. The van der Waals surface area contributed by atoms with Crippen LogP contribution >= 0.6 is 15.9 Å². The van der Waals surface area contributed by atoms with E-state index in [1.807, 2.05) is 0 Å². The zero-order valence-electron chi connectivity index (χ0n) is 13.3. The minimum atomic E-state index is 0.363. The van der Waals surface area contributed by atoms with Crippen LogP contribution < -0.4 is 5.32 Å². The van der Waals surface area contributed by atoms with Crippen LogP contribution in [-0.4, -0.2) is 6.54 Å². The molecule has 1 atom stereocenters. The molecule has 0 radical (unpaired) electrons. The van der Waals surface area contributed by atoms with Gasteiger partial charge in [-0.3, -0.25) is 0 Å². The first-order valence-corrected chi connectivity index (χ1v) is 8.36. The van der Waals surface area contributed by atoms with Crippen molar-refractivity contribution in [2.75, 3.05) is 6.54 Å². The second-order valence-corrected chi connectivity index (χ2v) is 6.61. The standard InChI is InChI=1S/C19H24BrN/c1-5-21-19(16-8-9-18(20)15(4)11-16)12-17-10-13(2)6-7-14(17)3/h6-11,19,21H,5,12H2,1-4H3. The highest BCUT2D eigenvalue weighted by atomic mass is 79.9. The summed E-state index contributed by atoms with van der Waals surface area (Å²) in [7, 11) is 0. The van der Waals surface area contributed by atoms with E-state index in [1.165, 1.54) is 32.3 Å². The van der Waals surface area contributed by atoms with Crippen molar-refractivity contribution < 1.29 is 0 Å². The predicted octanol–water partition coefficient (Wildman–Crippen LogP) is 5.27. The van der Waals surface area contributed by atoms with Crippen molar-refractivity contribution in [1.29, 1.82) is 0 Å². The summed E-state index contributed by atoms with van der Waals surface area (Å²) < 4.78 is 1.17. The number of hydrogen-bond acceptors (Lipinski definition) is 1. The van der Waals surface area contributed by atoms with Crippen molar-refractivity contribution in [3.63, 3.8) is 0 Å². The fraction of sp³-hybridized carbons (Fsp3) is 0.368. The van der Waals surface area contributed by atoms with Gasteiger partial charge in [-0.1, -0.05) is 58.7 Å². The van der Waals surface area contributed by atoms with E-state index in [9.17, 15) is 0 Å². The minimum absolute atomic E-state index is 0.363. The summed E-state index contributed by atoms with van der Waals surface area (Å²) >= 11 is 3.59. The molecule has 0 fully saturated rings. The molecule has 2 rings (SSSR count). The number of halogens is 1.